The van der Waals surface area contributed by atoms with Crippen LogP contribution in [0.1, 0.15) is 25.3 Å². The molecular weight excluding hydrogens is 242 g/mol. The van der Waals surface area contributed by atoms with Crippen LogP contribution in [0, 0.1) is 0 Å². The summed E-state index contributed by atoms with van der Waals surface area (Å²) >= 11 is 0. The zero-order chi connectivity index (χ0) is 13.7. The van der Waals surface area contributed by atoms with Gasteiger partial charge < -0.3 is 15.2 Å². The number of ether oxygens (including phenoxy) is 2. The summed E-state index contributed by atoms with van der Waals surface area (Å²) in [5.74, 6) is -0.323. The summed E-state index contributed by atoms with van der Waals surface area (Å²) in [5, 5.41) is 0. The Kier molecular flexibility index (Phi) is 4.93. The van der Waals surface area contributed by atoms with Crippen LogP contribution in [0.25, 0.3) is 0 Å². The van der Waals surface area contributed by atoms with Crippen LogP contribution in [0.5, 0.6) is 0 Å². The molecule has 0 bridgehead atoms. The van der Waals surface area contributed by atoms with Crippen molar-refractivity contribution in [2.24, 2.45) is 5.73 Å². The van der Waals surface area contributed by atoms with E-state index in [1.54, 1.807) is 0 Å². The number of hydrogen-bond acceptors (Lipinski definition) is 4. The van der Waals surface area contributed by atoms with Crippen LogP contribution >= 0.6 is 0 Å². The van der Waals surface area contributed by atoms with E-state index >= 15 is 0 Å². The van der Waals surface area contributed by atoms with Crippen LogP contribution in [-0.4, -0.2) is 30.8 Å². The fourth-order valence-corrected chi connectivity index (χ4v) is 2.27. The fraction of sp³-hybridized carbons (Fsp3) is 0.533. The summed E-state index contributed by atoms with van der Waals surface area (Å²) in [6.07, 6.45) is 1.95. The summed E-state index contributed by atoms with van der Waals surface area (Å²) in [6, 6.07) is 9.62. The van der Waals surface area contributed by atoms with Crippen LogP contribution in [0.15, 0.2) is 30.3 Å². The van der Waals surface area contributed by atoms with Crippen molar-refractivity contribution < 1.29 is 14.3 Å². The predicted octanol–water partition coefficient (Wildman–Crippen LogP) is 1.67. The van der Waals surface area contributed by atoms with Crippen molar-refractivity contribution in [3.8, 4) is 0 Å². The molecule has 0 aromatic heterocycles. The van der Waals surface area contributed by atoms with Crippen LogP contribution in [0.4, 0.5) is 0 Å². The Morgan fingerprint density at radius 3 is 2.79 bits per heavy atom. The Morgan fingerprint density at radius 1 is 1.32 bits per heavy atom. The van der Waals surface area contributed by atoms with Gasteiger partial charge in [0.1, 0.15) is 12.1 Å². The molecule has 4 heteroatoms. The number of rotatable bonds is 2. The molecule has 0 aliphatic carbocycles. The quantitative estimate of drug-likeness (QED) is 0.824. The lowest BCUT2D eigenvalue weighted by Crippen LogP contribution is -2.34. The third-order valence-corrected chi connectivity index (χ3v) is 3.30. The molecule has 2 N–H and O–H groups in total. The van der Waals surface area contributed by atoms with Crippen LogP contribution < -0.4 is 5.73 Å². The van der Waals surface area contributed by atoms with E-state index in [4.69, 9.17) is 15.2 Å². The molecule has 0 radical (unpaired) electrons. The van der Waals surface area contributed by atoms with Gasteiger partial charge in [-0.1, -0.05) is 30.3 Å². The minimum atomic E-state index is -0.571. The second-order valence-corrected chi connectivity index (χ2v) is 5.06. The van der Waals surface area contributed by atoms with Gasteiger partial charge in [-0.3, -0.25) is 4.79 Å². The maximum Gasteiger partial charge on any atom is 0.323 e. The zero-order valence-electron chi connectivity index (χ0n) is 11.2. The summed E-state index contributed by atoms with van der Waals surface area (Å²) in [4.78, 5) is 11.6. The molecule has 1 fully saturated rings. The van der Waals surface area contributed by atoms with Crippen molar-refractivity contribution >= 4 is 5.97 Å². The van der Waals surface area contributed by atoms with E-state index in [0.717, 1.165) is 6.42 Å². The molecule has 0 spiro atoms. The van der Waals surface area contributed by atoms with Crippen molar-refractivity contribution in [2.45, 2.75) is 44.4 Å². The summed E-state index contributed by atoms with van der Waals surface area (Å²) in [5.41, 5.74) is 6.95. The normalized spacial score (nSPS) is 28.9. The van der Waals surface area contributed by atoms with Crippen molar-refractivity contribution in [3.05, 3.63) is 35.9 Å². The molecule has 1 aromatic carbocycles. The minimum Gasteiger partial charge on any atom is -0.461 e. The Labute approximate surface area is 113 Å². The SMILES string of the molecule is CC1CC(Cc2ccccc2)OCC[C@H](N)C(=O)O1. The molecule has 1 aromatic rings. The van der Waals surface area contributed by atoms with Gasteiger partial charge in [0.05, 0.1) is 6.10 Å². The molecule has 1 aliphatic heterocycles. The van der Waals surface area contributed by atoms with E-state index in [1.807, 2.05) is 25.1 Å². The molecule has 4 nitrogen and oxygen atoms in total. The highest BCUT2D eigenvalue weighted by atomic mass is 16.5. The Hall–Kier alpha value is -1.39. The number of carbonyl (C=O) groups excluding carboxylic acids is 1. The molecule has 3 atom stereocenters. The largest absolute Gasteiger partial charge is 0.461 e. The van der Waals surface area contributed by atoms with Gasteiger partial charge in [0, 0.05) is 13.0 Å². The zero-order valence-corrected chi connectivity index (χ0v) is 11.2. The maximum absolute atomic E-state index is 11.6. The molecule has 2 unspecified atom stereocenters. The van der Waals surface area contributed by atoms with Gasteiger partial charge in [0.25, 0.3) is 0 Å². The maximum atomic E-state index is 11.6. The first-order chi connectivity index (χ1) is 9.15. The standard InChI is InChI=1S/C15H21NO3/c1-11-9-13(10-12-5-3-2-4-6-12)18-8-7-14(16)15(17)19-11/h2-6,11,13-14H,7-10,16H2,1H3/t11?,13?,14-/m0/s1. The van der Waals surface area contributed by atoms with Crippen molar-refractivity contribution in [3.63, 3.8) is 0 Å². The smallest absolute Gasteiger partial charge is 0.323 e. The molecular formula is C15H21NO3. The lowest BCUT2D eigenvalue weighted by molar-refractivity contribution is -0.150. The minimum absolute atomic E-state index is 0.0653. The molecule has 1 aliphatic rings. The first-order valence-corrected chi connectivity index (χ1v) is 6.76. The number of esters is 1. The van der Waals surface area contributed by atoms with Crippen molar-refractivity contribution in [1.29, 1.82) is 0 Å². The van der Waals surface area contributed by atoms with Gasteiger partial charge in [-0.15, -0.1) is 0 Å². The predicted molar refractivity (Wildman–Crippen MR) is 72.6 cm³/mol. The van der Waals surface area contributed by atoms with Crippen molar-refractivity contribution in [2.75, 3.05) is 6.61 Å². The second kappa shape index (κ2) is 6.68. The highest BCUT2D eigenvalue weighted by molar-refractivity contribution is 5.75. The molecule has 0 amide bonds. The topological polar surface area (TPSA) is 61.5 Å². The van der Waals surface area contributed by atoms with Gasteiger partial charge in [-0.2, -0.15) is 0 Å². The number of carbonyl (C=O) groups is 1. The van der Waals surface area contributed by atoms with Gasteiger partial charge in [-0.25, -0.2) is 0 Å². The third kappa shape index (κ3) is 4.33. The van der Waals surface area contributed by atoms with Crippen LogP contribution in [-0.2, 0) is 20.7 Å². The van der Waals surface area contributed by atoms with E-state index in [2.05, 4.69) is 12.1 Å². The lowest BCUT2D eigenvalue weighted by Gasteiger charge is -2.20. The second-order valence-electron chi connectivity index (χ2n) is 5.06. The lowest BCUT2D eigenvalue weighted by atomic mass is 10.0. The van der Waals surface area contributed by atoms with Gasteiger partial charge in [0.15, 0.2) is 0 Å². The fourth-order valence-electron chi connectivity index (χ4n) is 2.27. The summed E-state index contributed by atoms with van der Waals surface area (Å²) in [6.45, 7) is 2.39. The number of cyclic esters (lactones) is 1. The highest BCUT2D eigenvalue weighted by Gasteiger charge is 2.24. The van der Waals surface area contributed by atoms with E-state index in [0.29, 0.717) is 19.4 Å². The number of benzene rings is 1. The molecule has 2 rings (SSSR count). The van der Waals surface area contributed by atoms with Gasteiger partial charge in [-0.05, 0) is 25.3 Å². The molecule has 1 saturated heterocycles. The third-order valence-electron chi connectivity index (χ3n) is 3.30. The van der Waals surface area contributed by atoms with Crippen molar-refractivity contribution in [1.82, 2.24) is 0 Å². The monoisotopic (exact) mass is 263 g/mol. The Bertz CT molecular complexity index is 407. The Balaban J connectivity index is 1.98. The first kappa shape index (κ1) is 14.0. The first-order valence-electron chi connectivity index (χ1n) is 6.76. The number of nitrogens with two attached hydrogens (primary N) is 1. The van der Waals surface area contributed by atoms with E-state index in [-0.39, 0.29) is 18.2 Å². The molecule has 104 valence electrons. The van der Waals surface area contributed by atoms with E-state index < -0.39 is 6.04 Å². The van der Waals surface area contributed by atoms with Crippen LogP contribution in [0.3, 0.4) is 0 Å². The van der Waals surface area contributed by atoms with Gasteiger partial charge in [0.2, 0.25) is 0 Å². The summed E-state index contributed by atoms with van der Waals surface area (Å²) < 4.78 is 11.2. The molecule has 1 heterocycles. The Morgan fingerprint density at radius 2 is 2.05 bits per heavy atom. The average Bonchev–Trinajstić information content (AvgIpc) is 2.43. The average molecular weight is 263 g/mol. The van der Waals surface area contributed by atoms with Gasteiger partial charge >= 0.3 is 5.97 Å². The summed E-state index contributed by atoms with van der Waals surface area (Å²) in [7, 11) is 0. The highest BCUT2D eigenvalue weighted by Crippen LogP contribution is 2.16. The van der Waals surface area contributed by atoms with E-state index in [9.17, 15) is 4.79 Å². The molecule has 19 heavy (non-hydrogen) atoms. The molecule has 0 saturated carbocycles. The van der Waals surface area contributed by atoms with Crippen LogP contribution in [0.2, 0.25) is 0 Å². The number of hydrogen-bond donors (Lipinski definition) is 1. The van der Waals surface area contributed by atoms with E-state index in [1.165, 1.54) is 5.56 Å².